The van der Waals surface area contributed by atoms with E-state index in [1.807, 2.05) is 13.8 Å². The molecule has 0 fully saturated rings. The standard InChI is InChI=1S/C9H14ClNO2S/c1-3-12-5-7(2)13-6-8-4-11-9(10)14-8/h4,7H,3,5-6H2,1-2H3. The first-order valence-electron chi connectivity index (χ1n) is 4.52. The van der Waals surface area contributed by atoms with Gasteiger partial charge in [-0.3, -0.25) is 0 Å². The van der Waals surface area contributed by atoms with Crippen molar-refractivity contribution >= 4 is 22.9 Å². The fourth-order valence-electron chi connectivity index (χ4n) is 0.907. The lowest BCUT2D eigenvalue weighted by Crippen LogP contribution is -2.15. The molecule has 5 heteroatoms. The number of aromatic nitrogens is 1. The van der Waals surface area contributed by atoms with Crippen LogP contribution in [0.1, 0.15) is 18.7 Å². The molecule has 1 rings (SSSR count). The molecule has 0 spiro atoms. The average Bonchev–Trinajstić information content (AvgIpc) is 2.58. The summed E-state index contributed by atoms with van der Waals surface area (Å²) in [6, 6.07) is 0. The highest BCUT2D eigenvalue weighted by molar-refractivity contribution is 7.15. The molecular formula is C9H14ClNO2S. The van der Waals surface area contributed by atoms with Crippen molar-refractivity contribution in [3.8, 4) is 0 Å². The van der Waals surface area contributed by atoms with Crippen molar-refractivity contribution in [1.29, 1.82) is 0 Å². The van der Waals surface area contributed by atoms with Gasteiger partial charge in [0.2, 0.25) is 0 Å². The van der Waals surface area contributed by atoms with Crippen LogP contribution in [0.4, 0.5) is 0 Å². The maximum absolute atomic E-state index is 5.69. The third-order valence-electron chi connectivity index (χ3n) is 1.59. The molecule has 0 aromatic carbocycles. The maximum Gasteiger partial charge on any atom is 0.183 e. The van der Waals surface area contributed by atoms with E-state index in [0.717, 1.165) is 11.5 Å². The summed E-state index contributed by atoms with van der Waals surface area (Å²) in [6.45, 7) is 5.86. The summed E-state index contributed by atoms with van der Waals surface area (Å²) in [5, 5.41) is 0. The molecule has 1 aromatic rings. The Kier molecular flexibility index (Phi) is 5.40. The normalized spacial score (nSPS) is 13.1. The third kappa shape index (κ3) is 4.37. The number of thiazole rings is 1. The van der Waals surface area contributed by atoms with Crippen LogP contribution in [-0.4, -0.2) is 24.3 Å². The highest BCUT2D eigenvalue weighted by Gasteiger charge is 2.04. The van der Waals surface area contributed by atoms with Gasteiger partial charge < -0.3 is 9.47 Å². The first-order chi connectivity index (χ1) is 6.72. The average molecular weight is 236 g/mol. The molecule has 0 aliphatic carbocycles. The lowest BCUT2D eigenvalue weighted by molar-refractivity contribution is -0.0108. The van der Waals surface area contributed by atoms with Crippen molar-refractivity contribution < 1.29 is 9.47 Å². The molecule has 1 unspecified atom stereocenters. The minimum absolute atomic E-state index is 0.107. The zero-order valence-corrected chi connectivity index (χ0v) is 9.90. The Labute approximate surface area is 93.0 Å². The minimum atomic E-state index is 0.107. The van der Waals surface area contributed by atoms with Gasteiger partial charge in [-0.05, 0) is 13.8 Å². The van der Waals surface area contributed by atoms with Crippen LogP contribution in [0.3, 0.4) is 0 Å². The molecular weight excluding hydrogens is 222 g/mol. The van der Waals surface area contributed by atoms with Crippen molar-refractivity contribution in [2.75, 3.05) is 13.2 Å². The van der Waals surface area contributed by atoms with E-state index < -0.39 is 0 Å². The summed E-state index contributed by atoms with van der Waals surface area (Å²) < 4.78 is 11.3. The van der Waals surface area contributed by atoms with Gasteiger partial charge in [-0.15, -0.1) is 11.3 Å². The van der Waals surface area contributed by atoms with Crippen LogP contribution in [0, 0.1) is 0 Å². The Morgan fingerprint density at radius 2 is 2.43 bits per heavy atom. The second kappa shape index (κ2) is 6.35. The summed E-state index contributed by atoms with van der Waals surface area (Å²) in [6.07, 6.45) is 1.84. The Bertz CT molecular complexity index is 267. The predicted molar refractivity (Wildman–Crippen MR) is 57.9 cm³/mol. The molecule has 0 amide bonds. The monoisotopic (exact) mass is 235 g/mol. The number of hydrogen-bond acceptors (Lipinski definition) is 4. The van der Waals surface area contributed by atoms with E-state index in [1.54, 1.807) is 6.20 Å². The molecule has 1 heterocycles. The molecule has 0 aliphatic heterocycles. The molecule has 1 aromatic heterocycles. The zero-order valence-electron chi connectivity index (χ0n) is 8.33. The van der Waals surface area contributed by atoms with Crippen LogP contribution in [0.15, 0.2) is 6.20 Å². The topological polar surface area (TPSA) is 31.4 Å². The molecule has 0 radical (unpaired) electrons. The van der Waals surface area contributed by atoms with Crippen molar-refractivity contribution in [3.63, 3.8) is 0 Å². The lowest BCUT2D eigenvalue weighted by atomic mass is 10.4. The molecule has 0 bridgehead atoms. The number of hydrogen-bond donors (Lipinski definition) is 0. The smallest absolute Gasteiger partial charge is 0.183 e. The largest absolute Gasteiger partial charge is 0.379 e. The van der Waals surface area contributed by atoms with Crippen LogP contribution >= 0.6 is 22.9 Å². The summed E-state index contributed by atoms with van der Waals surface area (Å²) in [7, 11) is 0. The van der Waals surface area contributed by atoms with Crippen LogP contribution in [0.5, 0.6) is 0 Å². The molecule has 0 saturated heterocycles. The van der Waals surface area contributed by atoms with Crippen molar-refractivity contribution in [2.24, 2.45) is 0 Å². The van der Waals surface area contributed by atoms with Gasteiger partial charge in [-0.25, -0.2) is 4.98 Å². The van der Waals surface area contributed by atoms with E-state index in [4.69, 9.17) is 21.1 Å². The Morgan fingerprint density at radius 1 is 1.64 bits per heavy atom. The third-order valence-corrected chi connectivity index (χ3v) is 2.68. The molecule has 3 nitrogen and oxygen atoms in total. The summed E-state index contributed by atoms with van der Waals surface area (Å²) in [4.78, 5) is 4.97. The first-order valence-corrected chi connectivity index (χ1v) is 5.71. The van der Waals surface area contributed by atoms with Gasteiger partial charge in [0.15, 0.2) is 4.47 Å². The van der Waals surface area contributed by atoms with Gasteiger partial charge >= 0.3 is 0 Å². The van der Waals surface area contributed by atoms with Gasteiger partial charge in [0.05, 0.1) is 24.2 Å². The number of rotatable bonds is 6. The Balaban J connectivity index is 2.20. The maximum atomic E-state index is 5.69. The molecule has 0 aliphatic rings. The highest BCUT2D eigenvalue weighted by atomic mass is 35.5. The fourth-order valence-corrected chi connectivity index (χ4v) is 1.81. The number of ether oxygens (including phenoxy) is 2. The van der Waals surface area contributed by atoms with Crippen LogP contribution in [0.2, 0.25) is 4.47 Å². The van der Waals surface area contributed by atoms with Gasteiger partial charge in [0.25, 0.3) is 0 Å². The van der Waals surface area contributed by atoms with E-state index in [1.165, 1.54) is 11.3 Å². The predicted octanol–water partition coefficient (Wildman–Crippen LogP) is 2.74. The van der Waals surface area contributed by atoms with Crippen LogP contribution in [0.25, 0.3) is 0 Å². The van der Waals surface area contributed by atoms with Crippen LogP contribution in [-0.2, 0) is 16.1 Å². The first kappa shape index (κ1) is 11.9. The summed E-state index contributed by atoms with van der Waals surface area (Å²) >= 11 is 7.13. The summed E-state index contributed by atoms with van der Waals surface area (Å²) in [5.74, 6) is 0. The fraction of sp³-hybridized carbons (Fsp3) is 0.667. The van der Waals surface area contributed by atoms with Gasteiger partial charge in [-0.1, -0.05) is 11.6 Å². The van der Waals surface area contributed by atoms with E-state index in [9.17, 15) is 0 Å². The van der Waals surface area contributed by atoms with Crippen molar-refractivity contribution in [1.82, 2.24) is 4.98 Å². The van der Waals surface area contributed by atoms with E-state index in [0.29, 0.717) is 17.7 Å². The van der Waals surface area contributed by atoms with E-state index >= 15 is 0 Å². The second-order valence-corrected chi connectivity index (χ2v) is 4.56. The molecule has 80 valence electrons. The molecule has 0 N–H and O–H groups in total. The quantitative estimate of drug-likeness (QED) is 0.760. The summed E-state index contributed by atoms with van der Waals surface area (Å²) in [5.41, 5.74) is 0. The van der Waals surface area contributed by atoms with Crippen molar-refractivity contribution in [3.05, 3.63) is 15.5 Å². The Hall–Kier alpha value is -0.160. The van der Waals surface area contributed by atoms with Crippen molar-refractivity contribution in [2.45, 2.75) is 26.6 Å². The van der Waals surface area contributed by atoms with Gasteiger partial charge in [0, 0.05) is 12.8 Å². The highest BCUT2D eigenvalue weighted by Crippen LogP contribution is 2.18. The molecule has 1 atom stereocenters. The van der Waals surface area contributed by atoms with E-state index in [-0.39, 0.29) is 6.10 Å². The Morgan fingerprint density at radius 3 is 3.00 bits per heavy atom. The van der Waals surface area contributed by atoms with Gasteiger partial charge in [-0.2, -0.15) is 0 Å². The van der Waals surface area contributed by atoms with Gasteiger partial charge in [0.1, 0.15) is 0 Å². The SMILES string of the molecule is CCOCC(C)OCc1cnc(Cl)s1. The lowest BCUT2D eigenvalue weighted by Gasteiger charge is -2.11. The number of halogens is 1. The number of nitrogens with zero attached hydrogens (tertiary/aromatic N) is 1. The zero-order chi connectivity index (χ0) is 10.4. The van der Waals surface area contributed by atoms with Crippen LogP contribution < -0.4 is 0 Å². The molecule has 14 heavy (non-hydrogen) atoms. The second-order valence-electron chi connectivity index (χ2n) is 2.86. The minimum Gasteiger partial charge on any atom is -0.379 e. The molecule has 0 saturated carbocycles. The van der Waals surface area contributed by atoms with E-state index in [2.05, 4.69) is 4.98 Å².